The number of hydrogen-bond donors (Lipinski definition) is 1. The smallest absolute Gasteiger partial charge is 0.371 e. The van der Waals surface area contributed by atoms with Gasteiger partial charge in [0.15, 0.2) is 5.76 Å². The summed E-state index contributed by atoms with van der Waals surface area (Å²) in [6.07, 6.45) is 0. The minimum atomic E-state index is -1.23. The van der Waals surface area contributed by atoms with E-state index in [4.69, 9.17) is 9.52 Å². The monoisotopic (exact) mass is 290 g/mol. The van der Waals surface area contributed by atoms with Crippen molar-refractivity contribution >= 4 is 33.2 Å². The second kappa shape index (κ2) is 4.57. The third-order valence-electron chi connectivity index (χ3n) is 2.74. The van der Waals surface area contributed by atoms with E-state index in [9.17, 15) is 14.0 Å². The number of furan rings is 1. The number of carboxylic acid groups (broad SMARTS) is 1. The highest BCUT2D eigenvalue weighted by molar-refractivity contribution is 7.21. The predicted molar refractivity (Wildman–Crippen MR) is 70.9 cm³/mol. The number of hydrogen-bond acceptors (Lipinski definition) is 4. The molecule has 0 radical (unpaired) electrons. The van der Waals surface area contributed by atoms with Gasteiger partial charge in [0.25, 0.3) is 0 Å². The maximum Gasteiger partial charge on any atom is 0.371 e. The molecule has 4 nitrogen and oxygen atoms in total. The van der Waals surface area contributed by atoms with Crippen LogP contribution in [0, 0.1) is 5.82 Å². The molecule has 3 aromatic rings. The molecule has 0 saturated carbocycles. The molecule has 2 aromatic heterocycles. The number of aromatic carboxylic acids is 1. The first-order valence-electron chi connectivity index (χ1n) is 5.61. The minimum absolute atomic E-state index is 0.0468. The van der Waals surface area contributed by atoms with Crippen LogP contribution in [0.1, 0.15) is 26.0 Å². The molecule has 0 fully saturated rings. The van der Waals surface area contributed by atoms with Gasteiger partial charge in [-0.15, -0.1) is 11.3 Å². The van der Waals surface area contributed by atoms with E-state index in [0.29, 0.717) is 10.3 Å². The highest BCUT2D eigenvalue weighted by Gasteiger charge is 2.18. The molecule has 2 heterocycles. The molecule has 6 heteroatoms. The molecule has 0 aliphatic heterocycles. The summed E-state index contributed by atoms with van der Waals surface area (Å²) in [5.74, 6) is -2.36. The van der Waals surface area contributed by atoms with Crippen molar-refractivity contribution in [1.82, 2.24) is 0 Å². The van der Waals surface area contributed by atoms with Crippen LogP contribution in [0.2, 0.25) is 0 Å². The zero-order chi connectivity index (χ0) is 14.3. The van der Waals surface area contributed by atoms with Crippen molar-refractivity contribution < 1.29 is 23.5 Å². The molecule has 0 aliphatic carbocycles. The van der Waals surface area contributed by atoms with Crippen LogP contribution in [0.15, 0.2) is 40.8 Å². The third kappa shape index (κ3) is 2.10. The quantitative estimate of drug-likeness (QED) is 0.749. The van der Waals surface area contributed by atoms with Gasteiger partial charge in [0.05, 0.1) is 4.88 Å². The van der Waals surface area contributed by atoms with E-state index in [0.717, 1.165) is 4.70 Å². The topological polar surface area (TPSA) is 67.5 Å². The Bertz CT molecular complexity index is 831. The number of carboxylic acids is 1. The normalized spacial score (nSPS) is 10.8. The van der Waals surface area contributed by atoms with Gasteiger partial charge in [0, 0.05) is 4.70 Å². The number of carbonyl (C=O) groups excluding carboxylic acids is 1. The predicted octanol–water partition coefficient (Wildman–Crippen LogP) is 3.56. The van der Waals surface area contributed by atoms with Crippen molar-refractivity contribution in [3.8, 4) is 0 Å². The Hall–Kier alpha value is -2.47. The van der Waals surface area contributed by atoms with Gasteiger partial charge in [-0.25, -0.2) is 9.18 Å². The standard InChI is InChI=1S/C14H7FO4S/c15-8-1-4-11-7(5-8)6-12(20-11)13(16)9-2-3-10(19-9)14(17)18/h1-6H,(H,17,18). The lowest BCUT2D eigenvalue weighted by Crippen LogP contribution is -1.97. The highest BCUT2D eigenvalue weighted by atomic mass is 32.1. The Balaban J connectivity index is 2.00. The SMILES string of the molecule is O=C(O)c1ccc(C(=O)c2cc3cc(F)ccc3s2)o1. The first-order chi connectivity index (χ1) is 9.54. The summed E-state index contributed by atoms with van der Waals surface area (Å²) in [5.41, 5.74) is 0. The lowest BCUT2D eigenvalue weighted by atomic mass is 10.2. The molecule has 1 aromatic carbocycles. The summed E-state index contributed by atoms with van der Waals surface area (Å²) in [5, 5.41) is 9.38. The van der Waals surface area contributed by atoms with Crippen molar-refractivity contribution in [2.75, 3.05) is 0 Å². The molecule has 0 aliphatic rings. The molecule has 1 N–H and O–H groups in total. The van der Waals surface area contributed by atoms with Gasteiger partial charge in [-0.1, -0.05) is 0 Å². The molecule has 100 valence electrons. The summed E-state index contributed by atoms with van der Waals surface area (Å²) in [7, 11) is 0. The summed E-state index contributed by atoms with van der Waals surface area (Å²) >= 11 is 1.20. The van der Waals surface area contributed by atoms with Crippen LogP contribution in [-0.4, -0.2) is 16.9 Å². The molecule has 20 heavy (non-hydrogen) atoms. The summed E-state index contributed by atoms with van der Waals surface area (Å²) in [4.78, 5) is 23.2. The summed E-state index contributed by atoms with van der Waals surface area (Å²) in [6.45, 7) is 0. The Kier molecular flexibility index (Phi) is 2.87. The summed E-state index contributed by atoms with van der Waals surface area (Å²) < 4.78 is 18.8. The Morgan fingerprint density at radius 3 is 2.55 bits per heavy atom. The number of thiophene rings is 1. The van der Waals surface area contributed by atoms with Gasteiger partial charge in [0.1, 0.15) is 5.82 Å². The van der Waals surface area contributed by atoms with Gasteiger partial charge >= 0.3 is 5.97 Å². The Morgan fingerprint density at radius 1 is 1.10 bits per heavy atom. The van der Waals surface area contributed by atoms with Crippen LogP contribution in [0.25, 0.3) is 10.1 Å². The average molecular weight is 290 g/mol. The van der Waals surface area contributed by atoms with Crippen LogP contribution < -0.4 is 0 Å². The van der Waals surface area contributed by atoms with E-state index < -0.39 is 11.8 Å². The molecule has 3 rings (SSSR count). The largest absolute Gasteiger partial charge is 0.475 e. The zero-order valence-corrected chi connectivity index (χ0v) is 10.7. The van der Waals surface area contributed by atoms with Crippen LogP contribution in [0.5, 0.6) is 0 Å². The molecule has 0 unspecified atom stereocenters. The van der Waals surface area contributed by atoms with Crippen LogP contribution in [0.4, 0.5) is 4.39 Å². The molecular weight excluding hydrogens is 283 g/mol. The van der Waals surface area contributed by atoms with E-state index in [1.54, 1.807) is 12.1 Å². The van der Waals surface area contributed by atoms with Gasteiger partial charge in [-0.3, -0.25) is 4.79 Å². The Labute approximate surface area is 116 Å². The van der Waals surface area contributed by atoms with Crippen molar-refractivity contribution in [1.29, 1.82) is 0 Å². The van der Waals surface area contributed by atoms with Gasteiger partial charge < -0.3 is 9.52 Å². The number of ketones is 1. The van der Waals surface area contributed by atoms with Gasteiger partial charge in [0.2, 0.25) is 11.5 Å². The van der Waals surface area contributed by atoms with E-state index in [2.05, 4.69) is 0 Å². The number of carbonyl (C=O) groups is 2. The first kappa shape index (κ1) is 12.6. The molecule has 0 saturated heterocycles. The van der Waals surface area contributed by atoms with E-state index in [-0.39, 0.29) is 17.3 Å². The van der Waals surface area contributed by atoms with Crippen molar-refractivity contribution in [2.24, 2.45) is 0 Å². The molecule has 0 spiro atoms. The minimum Gasteiger partial charge on any atom is -0.475 e. The van der Waals surface area contributed by atoms with Gasteiger partial charge in [-0.05, 0) is 41.8 Å². The van der Waals surface area contributed by atoms with Crippen LogP contribution in [0.3, 0.4) is 0 Å². The number of rotatable bonds is 3. The Morgan fingerprint density at radius 2 is 1.85 bits per heavy atom. The second-order valence-electron chi connectivity index (χ2n) is 4.09. The van der Waals surface area contributed by atoms with Crippen molar-refractivity contribution in [2.45, 2.75) is 0 Å². The van der Waals surface area contributed by atoms with E-state index >= 15 is 0 Å². The maximum absolute atomic E-state index is 13.1. The van der Waals surface area contributed by atoms with E-state index in [1.165, 1.54) is 35.6 Å². The molecule has 0 amide bonds. The highest BCUT2D eigenvalue weighted by Crippen LogP contribution is 2.28. The first-order valence-corrected chi connectivity index (χ1v) is 6.43. The molecule has 0 bridgehead atoms. The maximum atomic E-state index is 13.1. The van der Waals surface area contributed by atoms with Crippen LogP contribution >= 0.6 is 11.3 Å². The third-order valence-corrected chi connectivity index (χ3v) is 3.86. The molecule has 0 atom stereocenters. The lowest BCUT2D eigenvalue weighted by Gasteiger charge is -1.91. The molecular formula is C14H7FO4S. The van der Waals surface area contributed by atoms with Gasteiger partial charge in [-0.2, -0.15) is 0 Å². The number of benzene rings is 1. The van der Waals surface area contributed by atoms with Crippen molar-refractivity contribution in [3.63, 3.8) is 0 Å². The second-order valence-corrected chi connectivity index (χ2v) is 5.17. The summed E-state index contributed by atoms with van der Waals surface area (Å²) in [6, 6.07) is 8.36. The average Bonchev–Trinajstić information content (AvgIpc) is 3.03. The van der Waals surface area contributed by atoms with Crippen molar-refractivity contribution in [3.05, 3.63) is 58.6 Å². The lowest BCUT2D eigenvalue weighted by molar-refractivity contribution is 0.0660. The zero-order valence-electron chi connectivity index (χ0n) is 9.92. The fraction of sp³-hybridized carbons (Fsp3) is 0. The number of halogens is 1. The fourth-order valence-corrected chi connectivity index (χ4v) is 2.81. The fourth-order valence-electron chi connectivity index (χ4n) is 1.82. The number of fused-ring (bicyclic) bond motifs is 1. The van der Waals surface area contributed by atoms with E-state index in [1.807, 2.05) is 0 Å². The van der Waals surface area contributed by atoms with Crippen LogP contribution in [-0.2, 0) is 0 Å².